The number of carbonyl (C=O) groups is 1. The zero-order chi connectivity index (χ0) is 8.69. The Bertz CT molecular complexity index is 149. The largest absolute Gasteiger partial charge is 0.460 e. The van der Waals surface area contributed by atoms with Crippen LogP contribution in [0, 0.1) is 0 Å². The molecule has 0 aliphatic rings. The molecule has 0 aromatic rings. The molecule has 0 aromatic heterocycles. The highest BCUT2D eigenvalue weighted by atomic mass is 16.5. The van der Waals surface area contributed by atoms with Gasteiger partial charge in [-0.2, -0.15) is 0 Å². The van der Waals surface area contributed by atoms with Gasteiger partial charge < -0.3 is 9.84 Å². The number of hydrogen-bond donors (Lipinski definition) is 1. The third-order valence-corrected chi connectivity index (χ3v) is 1.26. The molecule has 0 aliphatic heterocycles. The summed E-state index contributed by atoms with van der Waals surface area (Å²) >= 11 is 0. The second kappa shape index (κ2) is 5.92. The first kappa shape index (κ1) is 10.2. The van der Waals surface area contributed by atoms with Crippen molar-refractivity contribution in [2.75, 3.05) is 13.2 Å². The van der Waals surface area contributed by atoms with Crippen LogP contribution in [0.4, 0.5) is 0 Å². The number of esters is 1. The van der Waals surface area contributed by atoms with Crippen LogP contribution in [0.2, 0.25) is 0 Å². The van der Waals surface area contributed by atoms with Crippen LogP contribution in [0.25, 0.3) is 0 Å². The van der Waals surface area contributed by atoms with Gasteiger partial charge in [0.2, 0.25) is 0 Å². The fourth-order valence-electron chi connectivity index (χ4n) is 0.491. The first-order valence-corrected chi connectivity index (χ1v) is 3.65. The maximum Gasteiger partial charge on any atom is 0.330 e. The maximum absolute atomic E-state index is 10.8. The normalized spacial score (nSPS) is 11.4. The van der Waals surface area contributed by atoms with E-state index in [0.29, 0.717) is 0 Å². The van der Waals surface area contributed by atoms with Gasteiger partial charge in [0.25, 0.3) is 0 Å². The Morgan fingerprint density at radius 3 is 2.73 bits per heavy atom. The average Bonchev–Trinajstić information content (AvgIpc) is 2.00. The number of ether oxygens (including phenoxy) is 1. The lowest BCUT2D eigenvalue weighted by Crippen LogP contribution is -2.05. The van der Waals surface area contributed by atoms with E-state index in [-0.39, 0.29) is 19.2 Å². The lowest BCUT2D eigenvalue weighted by molar-refractivity contribution is -0.138. The first-order chi connectivity index (χ1) is 5.20. The van der Waals surface area contributed by atoms with Gasteiger partial charge in [-0.15, -0.1) is 0 Å². The van der Waals surface area contributed by atoms with Crippen LogP contribution in [0.5, 0.6) is 0 Å². The van der Waals surface area contributed by atoms with Gasteiger partial charge >= 0.3 is 5.97 Å². The fourth-order valence-corrected chi connectivity index (χ4v) is 0.491. The molecule has 0 amide bonds. The van der Waals surface area contributed by atoms with E-state index in [0.717, 1.165) is 12.0 Å². The molecule has 11 heavy (non-hydrogen) atoms. The topological polar surface area (TPSA) is 46.5 Å². The monoisotopic (exact) mass is 158 g/mol. The minimum Gasteiger partial charge on any atom is -0.460 e. The smallest absolute Gasteiger partial charge is 0.330 e. The molecule has 0 saturated heterocycles. The maximum atomic E-state index is 10.8. The molecule has 0 atom stereocenters. The Balaban J connectivity index is 3.67. The lowest BCUT2D eigenvalue weighted by Gasteiger charge is -1.98. The lowest BCUT2D eigenvalue weighted by atomic mass is 10.2. The van der Waals surface area contributed by atoms with Crippen molar-refractivity contribution in [2.45, 2.75) is 20.3 Å². The summed E-state index contributed by atoms with van der Waals surface area (Å²) in [4.78, 5) is 10.8. The van der Waals surface area contributed by atoms with Crippen LogP contribution in [0.3, 0.4) is 0 Å². The van der Waals surface area contributed by atoms with E-state index in [4.69, 9.17) is 5.11 Å². The fraction of sp³-hybridized carbons (Fsp3) is 0.625. The molecule has 0 aromatic carbocycles. The van der Waals surface area contributed by atoms with E-state index < -0.39 is 0 Å². The third kappa shape index (κ3) is 5.61. The van der Waals surface area contributed by atoms with E-state index >= 15 is 0 Å². The second-order valence-electron chi connectivity index (χ2n) is 2.24. The molecule has 3 heteroatoms. The van der Waals surface area contributed by atoms with E-state index in [1.807, 2.05) is 13.8 Å². The van der Waals surface area contributed by atoms with Crippen LogP contribution in [0.1, 0.15) is 20.3 Å². The van der Waals surface area contributed by atoms with Gasteiger partial charge in [0.15, 0.2) is 0 Å². The van der Waals surface area contributed by atoms with Crippen LogP contribution in [-0.4, -0.2) is 24.3 Å². The van der Waals surface area contributed by atoms with Crippen molar-refractivity contribution in [2.24, 2.45) is 0 Å². The van der Waals surface area contributed by atoms with Gasteiger partial charge in [-0.25, -0.2) is 4.79 Å². The van der Waals surface area contributed by atoms with Gasteiger partial charge in [0, 0.05) is 6.08 Å². The number of aliphatic hydroxyl groups is 1. The summed E-state index contributed by atoms with van der Waals surface area (Å²) < 4.78 is 4.60. The zero-order valence-electron chi connectivity index (χ0n) is 6.96. The van der Waals surface area contributed by atoms with Crippen molar-refractivity contribution in [1.82, 2.24) is 0 Å². The standard InChI is InChI=1S/C8H14O3/c1-3-7(2)6-8(10)11-5-4-9/h6,9H,3-5H2,1-2H3. The Kier molecular flexibility index (Phi) is 5.47. The molecule has 1 N–H and O–H groups in total. The first-order valence-electron chi connectivity index (χ1n) is 3.65. The summed E-state index contributed by atoms with van der Waals surface area (Å²) in [6.45, 7) is 3.78. The number of allylic oxidation sites excluding steroid dienone is 1. The molecule has 0 aliphatic carbocycles. The molecule has 64 valence electrons. The van der Waals surface area contributed by atoms with Crippen molar-refractivity contribution in [3.8, 4) is 0 Å². The quantitative estimate of drug-likeness (QED) is 0.488. The summed E-state index contributed by atoms with van der Waals surface area (Å²) in [5.74, 6) is -0.376. The Morgan fingerprint density at radius 1 is 1.64 bits per heavy atom. The number of hydrogen-bond acceptors (Lipinski definition) is 3. The molecule has 0 spiro atoms. The van der Waals surface area contributed by atoms with Crippen LogP contribution in [0.15, 0.2) is 11.6 Å². The van der Waals surface area contributed by atoms with Crippen molar-refractivity contribution in [1.29, 1.82) is 0 Å². The molecule has 0 bridgehead atoms. The van der Waals surface area contributed by atoms with Crippen molar-refractivity contribution in [3.63, 3.8) is 0 Å². The SMILES string of the molecule is CCC(C)=CC(=O)OCCO. The summed E-state index contributed by atoms with van der Waals surface area (Å²) in [6, 6.07) is 0. The van der Waals surface area contributed by atoms with Crippen molar-refractivity contribution >= 4 is 5.97 Å². The molecule has 0 fully saturated rings. The predicted molar refractivity (Wildman–Crippen MR) is 42.1 cm³/mol. The van der Waals surface area contributed by atoms with Crippen molar-refractivity contribution < 1.29 is 14.6 Å². The Labute approximate surface area is 66.7 Å². The van der Waals surface area contributed by atoms with Crippen LogP contribution in [-0.2, 0) is 9.53 Å². The molecule has 0 unspecified atom stereocenters. The van der Waals surface area contributed by atoms with Crippen LogP contribution < -0.4 is 0 Å². The second-order valence-corrected chi connectivity index (χ2v) is 2.24. The van der Waals surface area contributed by atoms with Gasteiger partial charge in [0.1, 0.15) is 6.61 Å². The average molecular weight is 158 g/mol. The van der Waals surface area contributed by atoms with Crippen molar-refractivity contribution in [3.05, 3.63) is 11.6 Å². The highest BCUT2D eigenvalue weighted by Gasteiger charge is 1.96. The summed E-state index contributed by atoms with van der Waals surface area (Å²) in [5, 5.41) is 8.31. The van der Waals surface area contributed by atoms with Gasteiger partial charge in [-0.3, -0.25) is 0 Å². The third-order valence-electron chi connectivity index (χ3n) is 1.26. The van der Waals surface area contributed by atoms with Gasteiger partial charge in [-0.05, 0) is 13.3 Å². The molecule has 3 nitrogen and oxygen atoms in total. The zero-order valence-corrected chi connectivity index (χ0v) is 6.96. The number of rotatable bonds is 4. The summed E-state index contributed by atoms with van der Waals surface area (Å²) in [6.07, 6.45) is 2.28. The summed E-state index contributed by atoms with van der Waals surface area (Å²) in [7, 11) is 0. The number of aliphatic hydroxyl groups excluding tert-OH is 1. The Morgan fingerprint density at radius 2 is 2.27 bits per heavy atom. The molecule has 0 radical (unpaired) electrons. The Hall–Kier alpha value is -0.830. The molecule has 0 saturated carbocycles. The van der Waals surface area contributed by atoms with Crippen LogP contribution >= 0.6 is 0 Å². The molecule has 0 rings (SSSR count). The van der Waals surface area contributed by atoms with E-state index in [1.165, 1.54) is 6.08 Å². The highest BCUT2D eigenvalue weighted by molar-refractivity contribution is 5.82. The van der Waals surface area contributed by atoms with Gasteiger partial charge in [-0.1, -0.05) is 12.5 Å². The molecule has 0 heterocycles. The molecular weight excluding hydrogens is 144 g/mol. The van der Waals surface area contributed by atoms with Gasteiger partial charge in [0.05, 0.1) is 6.61 Å². The molecular formula is C8H14O3. The minimum absolute atomic E-state index is 0.0757. The number of carbonyl (C=O) groups excluding carboxylic acids is 1. The highest BCUT2D eigenvalue weighted by Crippen LogP contribution is 1.97. The van der Waals surface area contributed by atoms with E-state index in [2.05, 4.69) is 4.74 Å². The minimum atomic E-state index is -0.376. The summed E-state index contributed by atoms with van der Waals surface area (Å²) in [5.41, 5.74) is 0.980. The predicted octanol–water partition coefficient (Wildman–Crippen LogP) is 0.878. The van der Waals surface area contributed by atoms with E-state index in [9.17, 15) is 4.79 Å². The van der Waals surface area contributed by atoms with E-state index in [1.54, 1.807) is 0 Å².